The third kappa shape index (κ3) is 2.91. The number of ether oxygens (including phenoxy) is 3. The van der Waals surface area contributed by atoms with Crippen LogP contribution < -0.4 is 14.2 Å². The summed E-state index contributed by atoms with van der Waals surface area (Å²) in [6.07, 6.45) is 0. The van der Waals surface area contributed by atoms with Crippen LogP contribution in [0.3, 0.4) is 0 Å². The van der Waals surface area contributed by atoms with E-state index in [9.17, 15) is 8.42 Å². The Morgan fingerprint density at radius 1 is 0.643 bits per heavy atom. The lowest BCUT2D eigenvalue weighted by Crippen LogP contribution is -2.20. The van der Waals surface area contributed by atoms with Gasteiger partial charge >= 0.3 is 0 Å². The molecule has 0 fully saturated rings. The van der Waals surface area contributed by atoms with Crippen LogP contribution in [0.15, 0.2) is 85.1 Å². The van der Waals surface area contributed by atoms with Crippen LogP contribution >= 0.6 is 0 Å². The Balaban J connectivity index is 2.01. The van der Waals surface area contributed by atoms with Gasteiger partial charge in [0.05, 0.1) is 21.3 Å². The van der Waals surface area contributed by atoms with Gasteiger partial charge in [-0.3, -0.25) is 0 Å². The van der Waals surface area contributed by atoms with Gasteiger partial charge in [-0.15, -0.1) is 0 Å². The molecular formula is C21H19O5S2+. The first kappa shape index (κ1) is 18.7. The predicted octanol–water partition coefficient (Wildman–Crippen LogP) is 3.95. The van der Waals surface area contributed by atoms with Gasteiger partial charge in [0, 0.05) is 12.1 Å². The molecule has 28 heavy (non-hydrogen) atoms. The molecule has 5 nitrogen and oxygen atoms in total. The summed E-state index contributed by atoms with van der Waals surface area (Å²) in [6.45, 7) is 0. The lowest BCUT2D eigenvalue weighted by molar-refractivity contribution is 0.412. The minimum absolute atomic E-state index is 0.270. The van der Waals surface area contributed by atoms with E-state index in [1.165, 1.54) is 14.2 Å². The molecule has 7 heteroatoms. The molecule has 0 N–H and O–H groups in total. The third-order valence-electron chi connectivity index (χ3n) is 4.62. The van der Waals surface area contributed by atoms with Crippen molar-refractivity contribution in [1.29, 1.82) is 0 Å². The van der Waals surface area contributed by atoms with Crippen LogP contribution in [0.25, 0.3) is 0 Å². The number of benzene rings is 3. The van der Waals surface area contributed by atoms with Crippen molar-refractivity contribution in [2.45, 2.75) is 24.5 Å². The molecule has 3 aromatic rings. The fraction of sp³-hybridized carbons (Fsp3) is 0.143. The maximum Gasteiger partial charge on any atom is 0.216 e. The van der Waals surface area contributed by atoms with E-state index in [2.05, 4.69) is 0 Å². The minimum Gasteiger partial charge on any atom is -0.497 e. The van der Waals surface area contributed by atoms with Crippen molar-refractivity contribution in [3.63, 3.8) is 0 Å². The maximum absolute atomic E-state index is 13.4. The highest BCUT2D eigenvalue weighted by Crippen LogP contribution is 2.46. The van der Waals surface area contributed by atoms with E-state index in [4.69, 9.17) is 14.2 Å². The highest BCUT2D eigenvalue weighted by atomic mass is 32.2. The van der Waals surface area contributed by atoms with Gasteiger partial charge in [-0.2, -0.15) is 0 Å². The summed E-state index contributed by atoms with van der Waals surface area (Å²) in [7, 11) is 0.390. The lowest BCUT2D eigenvalue weighted by atomic mass is 10.3. The van der Waals surface area contributed by atoms with E-state index >= 15 is 0 Å². The summed E-state index contributed by atoms with van der Waals surface area (Å²) in [5, 5.41) is 0. The molecule has 0 unspecified atom stereocenters. The normalized spacial score (nSPS) is 14.7. The highest BCUT2D eigenvalue weighted by molar-refractivity contribution is 8.00. The van der Waals surface area contributed by atoms with E-state index < -0.39 is 20.7 Å². The Bertz CT molecular complexity index is 1080. The maximum atomic E-state index is 13.4. The molecular weight excluding hydrogens is 396 g/mol. The molecule has 4 rings (SSSR count). The van der Waals surface area contributed by atoms with Crippen molar-refractivity contribution in [2.24, 2.45) is 0 Å². The van der Waals surface area contributed by atoms with Crippen LogP contribution in [0, 0.1) is 0 Å². The van der Waals surface area contributed by atoms with Crippen molar-refractivity contribution in [3.05, 3.63) is 60.7 Å². The third-order valence-corrected chi connectivity index (χ3v) is 9.04. The molecule has 0 saturated carbocycles. The minimum atomic E-state index is -3.70. The van der Waals surface area contributed by atoms with Gasteiger partial charge in [0.15, 0.2) is 14.7 Å². The first-order valence-electron chi connectivity index (χ1n) is 8.49. The number of rotatable bonds is 4. The molecule has 0 saturated heterocycles. The quantitative estimate of drug-likeness (QED) is 0.472. The Morgan fingerprint density at radius 2 is 1.07 bits per heavy atom. The van der Waals surface area contributed by atoms with Gasteiger partial charge in [-0.1, -0.05) is 0 Å². The topological polar surface area (TPSA) is 61.8 Å². The Morgan fingerprint density at radius 3 is 1.50 bits per heavy atom. The highest BCUT2D eigenvalue weighted by Gasteiger charge is 2.45. The second kappa shape index (κ2) is 7.07. The van der Waals surface area contributed by atoms with Gasteiger partial charge in [-0.25, -0.2) is 8.42 Å². The monoisotopic (exact) mass is 415 g/mol. The number of sulfone groups is 1. The van der Waals surface area contributed by atoms with Crippen molar-refractivity contribution >= 4 is 20.7 Å². The van der Waals surface area contributed by atoms with Gasteiger partial charge in [0.2, 0.25) is 9.84 Å². The molecule has 0 bridgehead atoms. The lowest BCUT2D eigenvalue weighted by Gasteiger charge is -2.20. The molecule has 0 aliphatic carbocycles. The van der Waals surface area contributed by atoms with E-state index in [-0.39, 0.29) is 9.79 Å². The second-order valence-corrected chi connectivity index (χ2v) is 9.96. The van der Waals surface area contributed by atoms with Crippen LogP contribution in [0.1, 0.15) is 0 Å². The average Bonchev–Trinajstić information content (AvgIpc) is 2.74. The van der Waals surface area contributed by atoms with Crippen molar-refractivity contribution in [2.75, 3.05) is 21.3 Å². The van der Waals surface area contributed by atoms with Gasteiger partial charge in [-0.05, 0) is 48.5 Å². The Labute approximate surface area is 167 Å². The van der Waals surface area contributed by atoms with Gasteiger partial charge in [0.25, 0.3) is 0 Å². The summed E-state index contributed by atoms with van der Waals surface area (Å²) in [5.41, 5.74) is 0. The summed E-state index contributed by atoms with van der Waals surface area (Å²) >= 11 is 0. The zero-order chi connectivity index (χ0) is 19.9. The number of hydrogen-bond acceptors (Lipinski definition) is 5. The second-order valence-electron chi connectivity index (χ2n) is 6.11. The van der Waals surface area contributed by atoms with Crippen LogP contribution in [-0.4, -0.2) is 29.7 Å². The van der Waals surface area contributed by atoms with E-state index in [1.54, 1.807) is 31.4 Å². The van der Waals surface area contributed by atoms with E-state index in [1.807, 2.05) is 36.4 Å². The number of fused-ring (bicyclic) bond motifs is 2. The zero-order valence-electron chi connectivity index (χ0n) is 15.6. The van der Waals surface area contributed by atoms with E-state index in [0.29, 0.717) is 11.5 Å². The van der Waals surface area contributed by atoms with Crippen LogP contribution in [-0.2, 0) is 20.7 Å². The number of methoxy groups -OCH3 is 3. The van der Waals surface area contributed by atoms with Crippen LogP contribution in [0.2, 0.25) is 0 Å². The fourth-order valence-corrected chi connectivity index (χ4v) is 7.88. The molecule has 144 valence electrons. The zero-order valence-corrected chi connectivity index (χ0v) is 17.3. The summed E-state index contributed by atoms with van der Waals surface area (Å²) in [4.78, 5) is 3.05. The fourth-order valence-electron chi connectivity index (χ4n) is 3.19. The molecule has 0 amide bonds. The molecule has 1 aliphatic rings. The summed E-state index contributed by atoms with van der Waals surface area (Å²) in [5.74, 6) is 1.76. The first-order valence-corrected chi connectivity index (χ1v) is 11.2. The van der Waals surface area contributed by atoms with Crippen molar-refractivity contribution in [1.82, 2.24) is 0 Å². The summed E-state index contributed by atoms with van der Waals surface area (Å²) < 4.78 is 42.6. The van der Waals surface area contributed by atoms with Crippen LogP contribution in [0.4, 0.5) is 0 Å². The molecule has 3 aromatic carbocycles. The van der Waals surface area contributed by atoms with E-state index in [0.717, 1.165) is 20.4 Å². The molecule has 0 atom stereocenters. The van der Waals surface area contributed by atoms with Gasteiger partial charge < -0.3 is 14.2 Å². The van der Waals surface area contributed by atoms with Gasteiger partial charge in [0.1, 0.15) is 37.9 Å². The molecule has 1 aliphatic heterocycles. The largest absolute Gasteiger partial charge is 0.497 e. The van der Waals surface area contributed by atoms with Crippen LogP contribution in [0.5, 0.6) is 17.2 Å². The first-order chi connectivity index (χ1) is 13.5. The standard InChI is InChI=1S/C21H19O5S2/c1-24-14-4-8-17(9-5-14)27-18-10-6-15(25-2)12-20(18)28(22,23)21-13-16(26-3)7-11-19(21)27/h4-13H,1-3H3/q+1. The molecule has 0 aromatic heterocycles. The molecule has 1 heterocycles. The van der Waals surface area contributed by atoms with Crippen molar-refractivity contribution < 1.29 is 22.6 Å². The number of hydrogen-bond donors (Lipinski definition) is 0. The smallest absolute Gasteiger partial charge is 0.216 e. The Kier molecular flexibility index (Phi) is 4.72. The predicted molar refractivity (Wildman–Crippen MR) is 107 cm³/mol. The molecule has 0 radical (unpaired) electrons. The Hall–Kier alpha value is -2.64. The molecule has 0 spiro atoms. The average molecular weight is 416 g/mol. The summed E-state index contributed by atoms with van der Waals surface area (Å²) in [6, 6.07) is 18.2. The van der Waals surface area contributed by atoms with Crippen molar-refractivity contribution in [3.8, 4) is 17.2 Å². The SMILES string of the molecule is COc1ccc([S+]2c3ccc(OC)cc3S(=O)(=O)c3cc(OC)ccc32)cc1.